The number of ether oxygens (including phenoxy) is 1. The van der Waals surface area contributed by atoms with Crippen LogP contribution in [0.4, 0.5) is 0 Å². The van der Waals surface area contributed by atoms with Crippen molar-refractivity contribution in [1.29, 1.82) is 0 Å². The van der Waals surface area contributed by atoms with Gasteiger partial charge in [-0.05, 0) is 24.0 Å². The van der Waals surface area contributed by atoms with Crippen LogP contribution in [-0.4, -0.2) is 13.4 Å². The fourth-order valence-electron chi connectivity index (χ4n) is 3.01. The Morgan fingerprint density at radius 3 is 2.74 bits per heavy atom. The molecule has 0 aliphatic carbocycles. The topological polar surface area (TPSA) is 56.5 Å². The molecular formula is C19H24O4. The largest absolute Gasteiger partial charge is 0.495 e. The molecule has 0 aliphatic rings. The molecule has 0 fully saturated rings. The van der Waals surface area contributed by atoms with Crippen molar-refractivity contribution in [2.24, 2.45) is 5.92 Å². The van der Waals surface area contributed by atoms with Crippen LogP contribution in [0.2, 0.25) is 0 Å². The summed E-state index contributed by atoms with van der Waals surface area (Å²) in [7, 11) is 1.47. The molecule has 1 unspecified atom stereocenters. The fraction of sp³-hybridized carbons (Fsp3) is 0.474. The monoisotopic (exact) mass is 316 g/mol. The second kappa shape index (κ2) is 7.95. The van der Waals surface area contributed by atoms with Gasteiger partial charge in [0.15, 0.2) is 6.29 Å². The summed E-state index contributed by atoms with van der Waals surface area (Å²) in [6.45, 7) is 4.42. The Morgan fingerprint density at radius 1 is 1.30 bits per heavy atom. The van der Waals surface area contributed by atoms with Gasteiger partial charge < -0.3 is 9.15 Å². The Bertz CT molecular complexity index is 730. The summed E-state index contributed by atoms with van der Waals surface area (Å²) >= 11 is 0. The summed E-state index contributed by atoms with van der Waals surface area (Å²) in [6, 6.07) is 5.62. The molecule has 2 rings (SSSR count). The van der Waals surface area contributed by atoms with Crippen LogP contribution in [0.1, 0.15) is 55.5 Å². The van der Waals surface area contributed by atoms with Gasteiger partial charge in [-0.1, -0.05) is 51.7 Å². The Labute approximate surface area is 136 Å². The zero-order valence-corrected chi connectivity index (χ0v) is 14.1. The van der Waals surface area contributed by atoms with E-state index in [1.54, 1.807) is 6.07 Å². The average molecular weight is 316 g/mol. The van der Waals surface area contributed by atoms with Crippen LogP contribution in [-0.2, 0) is 6.42 Å². The summed E-state index contributed by atoms with van der Waals surface area (Å²) < 4.78 is 10.6. The molecule has 1 aromatic carbocycles. The van der Waals surface area contributed by atoms with Crippen LogP contribution >= 0.6 is 0 Å². The number of benzene rings is 1. The number of unbranched alkanes of at least 4 members (excludes halogenated alkanes) is 2. The number of hydrogen-bond donors (Lipinski definition) is 0. The lowest BCUT2D eigenvalue weighted by Crippen LogP contribution is -2.10. The highest BCUT2D eigenvalue weighted by atomic mass is 16.5. The van der Waals surface area contributed by atoms with Gasteiger partial charge in [-0.15, -0.1) is 0 Å². The molecule has 1 atom stereocenters. The van der Waals surface area contributed by atoms with Gasteiger partial charge in [0.2, 0.25) is 0 Å². The van der Waals surface area contributed by atoms with Crippen LogP contribution in [0, 0.1) is 5.92 Å². The summed E-state index contributed by atoms with van der Waals surface area (Å²) in [5.74, 6) is 0.839. The number of aldehydes is 1. The maximum absolute atomic E-state index is 11.9. The van der Waals surface area contributed by atoms with Crippen LogP contribution < -0.4 is 10.4 Å². The van der Waals surface area contributed by atoms with Gasteiger partial charge in [0.25, 0.3) is 0 Å². The van der Waals surface area contributed by atoms with E-state index in [-0.39, 0.29) is 5.56 Å². The Kier molecular flexibility index (Phi) is 5.97. The predicted molar refractivity (Wildman–Crippen MR) is 91.4 cm³/mol. The Morgan fingerprint density at radius 2 is 2.09 bits per heavy atom. The second-order valence-corrected chi connectivity index (χ2v) is 6.05. The molecule has 0 saturated heterocycles. The highest BCUT2D eigenvalue weighted by molar-refractivity contribution is 5.94. The number of methoxy groups -OCH3 is 1. The summed E-state index contributed by atoms with van der Waals surface area (Å²) in [6.07, 6.45) is 6.20. The molecule has 0 saturated carbocycles. The molecule has 0 bridgehead atoms. The maximum Gasteiger partial charge on any atom is 0.350 e. The lowest BCUT2D eigenvalue weighted by molar-refractivity contribution is 0.111. The average Bonchev–Trinajstić information content (AvgIpc) is 2.53. The molecule has 1 aromatic heterocycles. The molecule has 4 heteroatoms. The third kappa shape index (κ3) is 3.81. The van der Waals surface area contributed by atoms with Crippen molar-refractivity contribution in [2.75, 3.05) is 7.11 Å². The quantitative estimate of drug-likeness (QED) is 0.412. The number of carbonyl (C=O) groups is 1. The van der Waals surface area contributed by atoms with E-state index in [1.807, 2.05) is 12.1 Å². The summed E-state index contributed by atoms with van der Waals surface area (Å²) in [4.78, 5) is 23.1. The fourth-order valence-corrected chi connectivity index (χ4v) is 3.01. The van der Waals surface area contributed by atoms with Crippen LogP contribution in [0.3, 0.4) is 0 Å². The van der Waals surface area contributed by atoms with Gasteiger partial charge in [-0.25, -0.2) is 4.79 Å². The van der Waals surface area contributed by atoms with Gasteiger partial charge >= 0.3 is 5.63 Å². The van der Waals surface area contributed by atoms with E-state index in [2.05, 4.69) is 13.8 Å². The molecular weight excluding hydrogens is 292 g/mol. The minimum atomic E-state index is -0.655. The molecule has 0 aliphatic heterocycles. The van der Waals surface area contributed by atoms with Gasteiger partial charge in [-0.3, -0.25) is 4.79 Å². The van der Waals surface area contributed by atoms with Gasteiger partial charge in [0.1, 0.15) is 16.9 Å². The molecule has 1 heterocycles. The minimum Gasteiger partial charge on any atom is -0.495 e. The molecule has 0 spiro atoms. The van der Waals surface area contributed by atoms with E-state index in [1.165, 1.54) is 26.4 Å². The van der Waals surface area contributed by atoms with E-state index in [0.717, 1.165) is 23.8 Å². The van der Waals surface area contributed by atoms with E-state index in [9.17, 15) is 9.59 Å². The Hall–Kier alpha value is -2.10. The molecule has 23 heavy (non-hydrogen) atoms. The highest BCUT2D eigenvalue weighted by Crippen LogP contribution is 2.31. The van der Waals surface area contributed by atoms with E-state index >= 15 is 0 Å². The number of fused-ring (bicyclic) bond motifs is 1. The van der Waals surface area contributed by atoms with E-state index < -0.39 is 5.63 Å². The van der Waals surface area contributed by atoms with Crippen molar-refractivity contribution in [2.45, 2.75) is 46.0 Å². The van der Waals surface area contributed by atoms with Crippen molar-refractivity contribution in [3.8, 4) is 5.75 Å². The molecule has 2 aromatic rings. The zero-order valence-electron chi connectivity index (χ0n) is 14.1. The lowest BCUT2D eigenvalue weighted by atomic mass is 9.93. The minimum absolute atomic E-state index is 0.0499. The number of carbonyl (C=O) groups excluding carboxylic acids is 1. The van der Waals surface area contributed by atoms with Gasteiger partial charge in [0.05, 0.1) is 12.5 Å². The third-order valence-electron chi connectivity index (χ3n) is 4.20. The molecule has 124 valence electrons. The first-order valence-electron chi connectivity index (χ1n) is 8.20. The summed E-state index contributed by atoms with van der Waals surface area (Å²) in [5.41, 5.74) is 0.814. The van der Waals surface area contributed by atoms with E-state index in [4.69, 9.17) is 9.15 Å². The van der Waals surface area contributed by atoms with E-state index in [0.29, 0.717) is 23.5 Å². The first kappa shape index (κ1) is 17.3. The molecule has 4 nitrogen and oxygen atoms in total. The van der Waals surface area contributed by atoms with Crippen LogP contribution in [0.15, 0.2) is 27.4 Å². The normalized spacial score (nSPS) is 12.3. The number of hydrogen-bond acceptors (Lipinski definition) is 4. The second-order valence-electron chi connectivity index (χ2n) is 6.05. The first-order valence-corrected chi connectivity index (χ1v) is 8.20. The molecule has 0 N–H and O–H groups in total. The van der Waals surface area contributed by atoms with Gasteiger partial charge in [0, 0.05) is 0 Å². The van der Waals surface area contributed by atoms with Crippen molar-refractivity contribution in [3.05, 3.63) is 39.7 Å². The SMILES string of the molecule is CCCCCC(C)Cc1cccc2oc(=O)c(C=O)c(OC)c12. The van der Waals surface area contributed by atoms with Crippen molar-refractivity contribution < 1.29 is 13.9 Å². The number of rotatable bonds is 8. The van der Waals surface area contributed by atoms with Crippen molar-refractivity contribution >= 4 is 17.3 Å². The standard InChI is InChI=1S/C19H24O4/c1-4-5-6-8-13(2)11-14-9-7-10-16-17(14)18(22-3)15(12-20)19(21)23-16/h7,9-10,12-13H,4-6,8,11H2,1-3H3. The van der Waals surface area contributed by atoms with Crippen molar-refractivity contribution in [1.82, 2.24) is 0 Å². The summed E-state index contributed by atoms with van der Waals surface area (Å²) in [5, 5.41) is 0.735. The van der Waals surface area contributed by atoms with Gasteiger partial charge in [-0.2, -0.15) is 0 Å². The Balaban J connectivity index is 2.44. The molecule has 0 amide bonds. The third-order valence-corrected chi connectivity index (χ3v) is 4.20. The highest BCUT2D eigenvalue weighted by Gasteiger charge is 2.18. The lowest BCUT2D eigenvalue weighted by Gasteiger charge is -2.15. The van der Waals surface area contributed by atoms with Crippen LogP contribution in [0.5, 0.6) is 5.75 Å². The predicted octanol–water partition coefficient (Wildman–Crippen LogP) is 4.37. The smallest absolute Gasteiger partial charge is 0.350 e. The van der Waals surface area contributed by atoms with Crippen LogP contribution in [0.25, 0.3) is 11.0 Å². The van der Waals surface area contributed by atoms with Crippen molar-refractivity contribution in [3.63, 3.8) is 0 Å². The maximum atomic E-state index is 11.9. The molecule has 0 radical (unpaired) electrons. The first-order chi connectivity index (χ1) is 11.1. The zero-order chi connectivity index (χ0) is 16.8.